The van der Waals surface area contributed by atoms with E-state index in [-0.39, 0.29) is 63.7 Å². The van der Waals surface area contributed by atoms with Gasteiger partial charge in [0.2, 0.25) is 0 Å². The number of thiocyanates is 1. The smallest absolute Gasteiger partial charge is 0.837 e. The van der Waals surface area contributed by atoms with Gasteiger partial charge in [-0.15, -0.1) is 0 Å². The quantitative estimate of drug-likeness (QED) is 0.227. The molecule has 0 aromatic heterocycles. The first-order valence-corrected chi connectivity index (χ1v) is 2.96. The Morgan fingerprint density at radius 2 is 1.75 bits per heavy atom. The summed E-state index contributed by atoms with van der Waals surface area (Å²) in [5, 5.41) is 9.59. The fourth-order valence-corrected chi connectivity index (χ4v) is 0.387. The van der Waals surface area contributed by atoms with E-state index in [4.69, 9.17) is 5.26 Å². The minimum atomic E-state index is -0.380. The summed E-state index contributed by atoms with van der Waals surface area (Å²) in [6, 6.07) is 0. The van der Waals surface area contributed by atoms with E-state index in [0.29, 0.717) is 0 Å². The largest absolute Gasteiger partial charge is 1.00 e. The fourth-order valence-electron chi connectivity index (χ4n) is 0.0430. The summed E-state index contributed by atoms with van der Waals surface area (Å²) in [5.41, 5.74) is 0. The van der Waals surface area contributed by atoms with Crippen molar-refractivity contribution in [3.05, 3.63) is 0 Å². The van der Waals surface area contributed by atoms with Gasteiger partial charge >= 0.3 is 59.1 Å². The van der Waals surface area contributed by atoms with Crippen molar-refractivity contribution in [1.29, 1.82) is 5.26 Å². The van der Waals surface area contributed by atoms with Crippen LogP contribution in [0, 0.1) is 10.7 Å². The Morgan fingerprint density at radius 1 is 1.38 bits per heavy atom. The third-order valence-electron chi connectivity index (χ3n) is 0.149. The molecule has 1 nitrogen and oxygen atoms in total. The van der Waals surface area contributed by atoms with Crippen LogP contribution in [-0.4, -0.2) is 4.55 Å². The van der Waals surface area contributed by atoms with Crippen LogP contribution in [0.2, 0.25) is 0 Å². The Balaban J connectivity index is -0.000000125. The van der Waals surface area contributed by atoms with Crippen LogP contribution in [0.25, 0.3) is 0 Å². The number of nitriles is 1. The van der Waals surface area contributed by atoms with E-state index < -0.39 is 0 Å². The molecular weight excluding hydrogens is 179 g/mol. The molecule has 0 unspecified atom stereocenters. The number of hydrogen-bond donors (Lipinski definition) is 0. The summed E-state index contributed by atoms with van der Waals surface area (Å²) < 4.78 is -0.380. The molecule has 0 bridgehead atoms. The van der Waals surface area contributed by atoms with Gasteiger partial charge in [0.05, 0.1) is 0 Å². The molecule has 0 saturated heterocycles. The molecule has 0 aliphatic carbocycles. The number of hydrogen-bond acceptors (Lipinski definition) is 4. The molecule has 0 aliphatic rings. The van der Waals surface area contributed by atoms with E-state index in [0.717, 1.165) is 11.6 Å². The first-order valence-electron chi connectivity index (χ1n) is 1.13. The van der Waals surface area contributed by atoms with Crippen molar-refractivity contribution < 1.29 is 59.1 Å². The van der Waals surface area contributed by atoms with Crippen molar-refractivity contribution in [1.82, 2.24) is 0 Å². The molecule has 0 amide bonds. The maximum Gasteiger partial charge on any atom is 1.00 e. The van der Waals surface area contributed by atoms with Gasteiger partial charge in [-0.05, 0) is 0 Å². The third-order valence-corrected chi connectivity index (χ3v) is 1.02. The Bertz CT molecular complexity index is 72.2. The van der Waals surface area contributed by atoms with E-state index in [1.807, 2.05) is 0 Å². The molecule has 8 heavy (non-hydrogen) atoms. The summed E-state index contributed by atoms with van der Waals surface area (Å²) >= 11 is 9.79. The van der Waals surface area contributed by atoms with Crippen molar-refractivity contribution in [2.24, 2.45) is 0 Å². The SMILES string of the molecule is N#CSB([S-])[S-].[Na+].[Na+]. The van der Waals surface area contributed by atoms with Crippen LogP contribution < -0.4 is 59.1 Å². The first kappa shape index (κ1) is 16.9. The predicted octanol–water partition coefficient (Wildman–Crippen LogP) is -5.71. The predicted molar refractivity (Wildman–Crippen MR) is 33.7 cm³/mol. The summed E-state index contributed by atoms with van der Waals surface area (Å²) in [6.45, 7) is 0. The maximum absolute atomic E-state index is 7.82. The molecule has 0 fully saturated rings. The molecule has 0 spiro atoms. The van der Waals surface area contributed by atoms with Gasteiger partial charge in [0.15, 0.2) is 0 Å². The second-order valence-electron chi connectivity index (χ2n) is 0.498. The Labute approximate surface area is 109 Å². The van der Waals surface area contributed by atoms with Crippen molar-refractivity contribution in [2.75, 3.05) is 0 Å². The van der Waals surface area contributed by atoms with E-state index in [1.165, 1.54) is 0 Å². The molecule has 0 aromatic carbocycles. The normalized spacial score (nSPS) is 5.12. The van der Waals surface area contributed by atoms with Crippen LogP contribution >= 0.6 is 11.6 Å². The molecule has 0 heterocycles. The zero-order chi connectivity index (χ0) is 4.99. The van der Waals surface area contributed by atoms with Crippen LogP contribution in [0.3, 0.4) is 0 Å². The minimum absolute atomic E-state index is 0. The first-order chi connectivity index (χ1) is 2.77. The van der Waals surface area contributed by atoms with E-state index in [1.54, 1.807) is 5.40 Å². The molecule has 0 atom stereocenters. The van der Waals surface area contributed by atoms with Gasteiger partial charge in [-0.3, -0.25) is 0 Å². The van der Waals surface area contributed by atoms with Crippen molar-refractivity contribution >= 4 is 41.1 Å². The zero-order valence-corrected chi connectivity index (χ0v) is 11.2. The monoisotopic (exact) mass is 179 g/mol. The average Bonchev–Trinajstić information content (AvgIpc) is 1.35. The van der Waals surface area contributed by atoms with Gasteiger partial charge in [0, 0.05) is 0 Å². The van der Waals surface area contributed by atoms with Crippen molar-refractivity contribution in [3.63, 3.8) is 0 Å². The fraction of sp³-hybridized carbons (Fsp3) is 0. The van der Waals surface area contributed by atoms with Crippen LogP contribution in [0.4, 0.5) is 0 Å². The van der Waals surface area contributed by atoms with Crippen LogP contribution in [0.1, 0.15) is 0 Å². The topological polar surface area (TPSA) is 23.8 Å². The molecule has 0 aromatic rings. The molecule has 0 N–H and O–H groups in total. The van der Waals surface area contributed by atoms with E-state index in [9.17, 15) is 0 Å². The molecule has 32 valence electrons. The maximum atomic E-state index is 7.82. The van der Waals surface area contributed by atoms with Crippen molar-refractivity contribution in [3.8, 4) is 5.40 Å². The summed E-state index contributed by atoms with van der Waals surface area (Å²) in [4.78, 5) is 0. The molecule has 0 radical (unpaired) electrons. The van der Waals surface area contributed by atoms with Gasteiger partial charge in [-0.1, -0.05) is 4.55 Å². The zero-order valence-electron chi connectivity index (χ0n) is 4.75. The standard InChI is InChI=1S/CBNS3.2Na/c3-1-6-2(4)5;;/q-2;2*+1. The molecular formula is CBNNa2S3. The Kier molecular flexibility index (Phi) is 26.0. The van der Waals surface area contributed by atoms with Crippen LogP contribution in [0.5, 0.6) is 0 Å². The average molecular weight is 179 g/mol. The second-order valence-corrected chi connectivity index (χ2v) is 3.23. The summed E-state index contributed by atoms with van der Waals surface area (Å²) in [7, 11) is 0. The Hall–Kier alpha value is 2.60. The van der Waals surface area contributed by atoms with Gasteiger partial charge in [-0.25, -0.2) is 0 Å². The van der Waals surface area contributed by atoms with Gasteiger partial charge in [-0.2, -0.15) is 16.9 Å². The molecule has 7 heteroatoms. The van der Waals surface area contributed by atoms with Gasteiger partial charge in [0.1, 0.15) is 5.40 Å². The van der Waals surface area contributed by atoms with Crippen LogP contribution in [0.15, 0.2) is 0 Å². The van der Waals surface area contributed by atoms with E-state index in [2.05, 4.69) is 25.0 Å². The van der Waals surface area contributed by atoms with Gasteiger partial charge in [0.25, 0.3) is 0 Å². The van der Waals surface area contributed by atoms with Crippen LogP contribution in [-0.2, 0) is 25.0 Å². The summed E-state index contributed by atoms with van der Waals surface area (Å²) in [6.07, 6.45) is 0. The summed E-state index contributed by atoms with van der Waals surface area (Å²) in [5.74, 6) is 0. The number of nitrogens with zero attached hydrogens (tertiary/aromatic N) is 1. The second kappa shape index (κ2) is 12.3. The van der Waals surface area contributed by atoms with Crippen molar-refractivity contribution in [2.45, 2.75) is 0 Å². The van der Waals surface area contributed by atoms with E-state index >= 15 is 0 Å². The molecule has 0 aliphatic heterocycles. The number of rotatable bonds is 1. The molecule has 0 saturated carbocycles. The third kappa shape index (κ3) is 15.8. The van der Waals surface area contributed by atoms with Gasteiger partial charge < -0.3 is 25.0 Å². The molecule has 0 rings (SSSR count). The minimum Gasteiger partial charge on any atom is -0.837 e. The Morgan fingerprint density at radius 3 is 1.75 bits per heavy atom.